The molecule has 66 valence electrons. The van der Waals surface area contributed by atoms with Crippen LogP contribution in [0.5, 0.6) is 0 Å². The third kappa shape index (κ3) is 2.87. The van der Waals surface area contributed by atoms with Crippen LogP contribution in [-0.4, -0.2) is 17.4 Å². The lowest BCUT2D eigenvalue weighted by atomic mass is 9.90. The van der Waals surface area contributed by atoms with Gasteiger partial charge in [0, 0.05) is 5.88 Å². The number of halogens is 1. The summed E-state index contributed by atoms with van der Waals surface area (Å²) < 4.78 is 0. The van der Waals surface area contributed by atoms with Crippen molar-refractivity contribution in [2.24, 2.45) is 11.8 Å². The maximum Gasteiger partial charge on any atom is 0.0254 e. The molecule has 0 saturated carbocycles. The van der Waals surface area contributed by atoms with Crippen LogP contribution in [0.4, 0.5) is 0 Å². The van der Waals surface area contributed by atoms with Crippen molar-refractivity contribution in [3.05, 3.63) is 0 Å². The fourth-order valence-corrected chi connectivity index (χ4v) is 3.52. The van der Waals surface area contributed by atoms with Crippen molar-refractivity contribution in [2.75, 3.05) is 17.4 Å². The van der Waals surface area contributed by atoms with E-state index in [1.165, 1.54) is 30.8 Å². The lowest BCUT2D eigenvalue weighted by Gasteiger charge is -2.19. The summed E-state index contributed by atoms with van der Waals surface area (Å²) in [6.45, 7) is 2.25. The van der Waals surface area contributed by atoms with Gasteiger partial charge in [0.2, 0.25) is 0 Å². The summed E-state index contributed by atoms with van der Waals surface area (Å²) in [5.41, 5.74) is 0. The lowest BCUT2D eigenvalue weighted by molar-refractivity contribution is 0.374. The minimum Gasteiger partial charge on any atom is -0.162 e. The van der Waals surface area contributed by atoms with Crippen LogP contribution >= 0.6 is 23.4 Å². The van der Waals surface area contributed by atoms with E-state index in [0.717, 1.165) is 17.7 Å². The van der Waals surface area contributed by atoms with Crippen molar-refractivity contribution >= 4 is 23.4 Å². The first-order valence-corrected chi connectivity index (χ1v) is 6.21. The number of hydrogen-bond acceptors (Lipinski definition) is 1. The number of rotatable bonds is 4. The number of alkyl halides is 1. The maximum atomic E-state index is 5.92. The van der Waals surface area contributed by atoms with Crippen molar-refractivity contribution in [3.8, 4) is 0 Å². The number of thioether (sulfide) groups is 1. The number of hydrogen-bond donors (Lipinski definition) is 0. The normalized spacial score (nSPS) is 27.3. The summed E-state index contributed by atoms with van der Waals surface area (Å²) >= 11 is 8.01. The highest BCUT2D eigenvalue weighted by molar-refractivity contribution is 7.99. The van der Waals surface area contributed by atoms with E-state index in [0.29, 0.717) is 0 Å². The third-order valence-corrected chi connectivity index (χ3v) is 4.07. The first-order valence-electron chi connectivity index (χ1n) is 4.52. The van der Waals surface area contributed by atoms with E-state index in [2.05, 4.69) is 18.7 Å². The van der Waals surface area contributed by atoms with Crippen molar-refractivity contribution in [2.45, 2.75) is 26.2 Å². The van der Waals surface area contributed by atoms with Gasteiger partial charge >= 0.3 is 0 Å². The highest BCUT2D eigenvalue weighted by Crippen LogP contribution is 2.32. The van der Waals surface area contributed by atoms with Crippen molar-refractivity contribution in [3.63, 3.8) is 0 Å². The smallest absolute Gasteiger partial charge is 0.0254 e. The Morgan fingerprint density at radius 1 is 1.64 bits per heavy atom. The molecule has 0 spiro atoms. The molecule has 2 unspecified atom stereocenters. The lowest BCUT2D eigenvalue weighted by Crippen LogP contribution is -2.15. The van der Waals surface area contributed by atoms with Gasteiger partial charge in [-0.3, -0.25) is 0 Å². The molecule has 0 aliphatic carbocycles. The molecule has 0 N–H and O–H groups in total. The molecule has 1 saturated heterocycles. The van der Waals surface area contributed by atoms with E-state index < -0.39 is 0 Å². The Balaban J connectivity index is 2.27. The zero-order valence-corrected chi connectivity index (χ0v) is 8.76. The first-order chi connectivity index (χ1) is 5.38. The summed E-state index contributed by atoms with van der Waals surface area (Å²) in [5, 5.41) is 0. The molecule has 0 radical (unpaired) electrons. The molecule has 0 nitrogen and oxygen atoms in total. The Bertz CT molecular complexity index is 99.7. The maximum absolute atomic E-state index is 5.92. The standard InChI is InChI=1S/C9H17ClS/c1-2-3-8(6-10)9-4-5-11-7-9/h8-9H,2-7H2,1H3. The Hall–Kier alpha value is 0.640. The van der Waals surface area contributed by atoms with E-state index in [-0.39, 0.29) is 0 Å². The van der Waals surface area contributed by atoms with Crippen LogP contribution < -0.4 is 0 Å². The highest BCUT2D eigenvalue weighted by atomic mass is 35.5. The Labute approximate surface area is 79.1 Å². The van der Waals surface area contributed by atoms with Crippen LogP contribution in [0.2, 0.25) is 0 Å². The molecular weight excluding hydrogens is 176 g/mol. The molecular formula is C9H17ClS. The minimum absolute atomic E-state index is 0.802. The van der Waals surface area contributed by atoms with Gasteiger partial charge in [0.05, 0.1) is 0 Å². The molecule has 1 heterocycles. The fourth-order valence-electron chi connectivity index (χ4n) is 1.73. The molecule has 0 amide bonds. The van der Waals surface area contributed by atoms with Gasteiger partial charge in [-0.1, -0.05) is 13.3 Å². The minimum atomic E-state index is 0.802. The molecule has 11 heavy (non-hydrogen) atoms. The van der Waals surface area contributed by atoms with Gasteiger partial charge in [0.25, 0.3) is 0 Å². The third-order valence-electron chi connectivity index (χ3n) is 2.49. The Kier molecular flexibility index (Phi) is 4.70. The van der Waals surface area contributed by atoms with Crippen LogP contribution in [0.15, 0.2) is 0 Å². The van der Waals surface area contributed by atoms with Gasteiger partial charge < -0.3 is 0 Å². The van der Waals surface area contributed by atoms with E-state index in [4.69, 9.17) is 11.6 Å². The van der Waals surface area contributed by atoms with E-state index in [1.54, 1.807) is 0 Å². The van der Waals surface area contributed by atoms with Gasteiger partial charge in [0.15, 0.2) is 0 Å². The largest absolute Gasteiger partial charge is 0.162 e. The molecule has 1 fully saturated rings. The molecule has 2 atom stereocenters. The quantitative estimate of drug-likeness (QED) is 0.616. The Morgan fingerprint density at radius 2 is 2.45 bits per heavy atom. The van der Waals surface area contributed by atoms with Gasteiger partial charge in [0.1, 0.15) is 0 Å². The molecule has 2 heteroatoms. The van der Waals surface area contributed by atoms with Crippen molar-refractivity contribution in [1.29, 1.82) is 0 Å². The van der Waals surface area contributed by atoms with Crippen LogP contribution in [0.3, 0.4) is 0 Å². The average molecular weight is 193 g/mol. The molecule has 0 aromatic rings. The van der Waals surface area contributed by atoms with Gasteiger partial charge in [-0.25, -0.2) is 0 Å². The topological polar surface area (TPSA) is 0 Å². The molecule has 0 aromatic heterocycles. The molecule has 0 bridgehead atoms. The average Bonchev–Trinajstić information content (AvgIpc) is 2.52. The molecule has 0 aromatic carbocycles. The molecule has 1 rings (SSSR count). The van der Waals surface area contributed by atoms with Gasteiger partial charge in [-0.05, 0) is 36.2 Å². The van der Waals surface area contributed by atoms with Gasteiger partial charge in [-0.2, -0.15) is 11.8 Å². The summed E-state index contributed by atoms with van der Waals surface area (Å²) in [6.07, 6.45) is 4.02. The summed E-state index contributed by atoms with van der Waals surface area (Å²) in [7, 11) is 0. The van der Waals surface area contributed by atoms with Crippen molar-refractivity contribution in [1.82, 2.24) is 0 Å². The first kappa shape index (κ1) is 9.73. The molecule has 1 aliphatic rings. The van der Waals surface area contributed by atoms with Crippen LogP contribution in [-0.2, 0) is 0 Å². The van der Waals surface area contributed by atoms with E-state index >= 15 is 0 Å². The van der Waals surface area contributed by atoms with Gasteiger partial charge in [-0.15, -0.1) is 11.6 Å². The van der Waals surface area contributed by atoms with Crippen LogP contribution in [0.25, 0.3) is 0 Å². The highest BCUT2D eigenvalue weighted by Gasteiger charge is 2.23. The summed E-state index contributed by atoms with van der Waals surface area (Å²) in [5.74, 6) is 5.33. The summed E-state index contributed by atoms with van der Waals surface area (Å²) in [6, 6.07) is 0. The summed E-state index contributed by atoms with van der Waals surface area (Å²) in [4.78, 5) is 0. The van der Waals surface area contributed by atoms with Crippen LogP contribution in [0, 0.1) is 11.8 Å². The molecule has 1 aliphatic heterocycles. The second-order valence-corrected chi connectivity index (χ2v) is 4.79. The van der Waals surface area contributed by atoms with Crippen LogP contribution in [0.1, 0.15) is 26.2 Å². The monoisotopic (exact) mass is 192 g/mol. The zero-order valence-electron chi connectivity index (χ0n) is 7.18. The predicted octanol–water partition coefficient (Wildman–Crippen LogP) is 3.39. The second-order valence-electron chi connectivity index (χ2n) is 3.33. The van der Waals surface area contributed by atoms with Crippen molar-refractivity contribution < 1.29 is 0 Å². The second kappa shape index (κ2) is 5.31. The Morgan fingerprint density at radius 3 is 2.91 bits per heavy atom. The zero-order chi connectivity index (χ0) is 8.10. The SMILES string of the molecule is CCCC(CCl)C1CCSC1. The van der Waals surface area contributed by atoms with E-state index in [9.17, 15) is 0 Å². The fraction of sp³-hybridized carbons (Fsp3) is 1.00. The van der Waals surface area contributed by atoms with E-state index in [1.807, 2.05) is 0 Å². The predicted molar refractivity (Wildman–Crippen MR) is 54.6 cm³/mol.